The Morgan fingerprint density at radius 2 is 2.00 bits per heavy atom. The van der Waals surface area contributed by atoms with E-state index in [1.165, 1.54) is 5.57 Å². The average molecular weight is 235 g/mol. The van der Waals surface area contributed by atoms with Crippen molar-refractivity contribution in [2.24, 2.45) is 0 Å². The number of hydrogen-bond donors (Lipinski definition) is 1. The highest BCUT2D eigenvalue weighted by atomic mass is 16.2. The fourth-order valence-electron chi connectivity index (χ4n) is 2.22. The maximum atomic E-state index is 12.2. The largest absolute Gasteiger partial charge is 0.336 e. The third kappa shape index (κ3) is 2.76. The molecule has 2 aliphatic rings. The molecule has 2 fully saturated rings. The SMILES string of the molecule is C=CCN1CCN(C(=O)C(C)=C2CNC2)CC1. The smallest absolute Gasteiger partial charge is 0.249 e. The number of carbonyl (C=O) groups excluding carboxylic acids is 1. The summed E-state index contributed by atoms with van der Waals surface area (Å²) in [6.45, 7) is 12.0. The van der Waals surface area contributed by atoms with Crippen LogP contribution in [0.2, 0.25) is 0 Å². The predicted molar refractivity (Wildman–Crippen MR) is 68.8 cm³/mol. The molecule has 4 heteroatoms. The molecule has 0 saturated carbocycles. The highest BCUT2D eigenvalue weighted by Crippen LogP contribution is 2.13. The van der Waals surface area contributed by atoms with Crippen molar-refractivity contribution in [3.8, 4) is 0 Å². The van der Waals surface area contributed by atoms with Crippen molar-refractivity contribution in [3.05, 3.63) is 23.8 Å². The van der Waals surface area contributed by atoms with Gasteiger partial charge < -0.3 is 10.2 Å². The van der Waals surface area contributed by atoms with Gasteiger partial charge in [-0.2, -0.15) is 0 Å². The van der Waals surface area contributed by atoms with Crippen LogP contribution in [-0.4, -0.2) is 61.5 Å². The molecule has 0 aromatic carbocycles. The van der Waals surface area contributed by atoms with Gasteiger partial charge in [0.15, 0.2) is 0 Å². The van der Waals surface area contributed by atoms with Gasteiger partial charge in [-0.3, -0.25) is 9.69 Å². The standard InChI is InChI=1S/C13H21N3O/c1-3-4-15-5-7-16(8-6-15)13(17)11(2)12-9-14-10-12/h3,14H,1,4-10H2,2H3. The molecule has 94 valence electrons. The van der Waals surface area contributed by atoms with Crippen LogP contribution in [0.3, 0.4) is 0 Å². The molecule has 2 aliphatic heterocycles. The molecule has 2 rings (SSSR count). The van der Waals surface area contributed by atoms with Crippen LogP contribution >= 0.6 is 0 Å². The van der Waals surface area contributed by atoms with Crippen LogP contribution in [0.15, 0.2) is 23.8 Å². The lowest BCUT2D eigenvalue weighted by molar-refractivity contribution is -0.128. The summed E-state index contributed by atoms with van der Waals surface area (Å²) in [5.41, 5.74) is 2.21. The summed E-state index contributed by atoms with van der Waals surface area (Å²) in [6, 6.07) is 0. The fourth-order valence-corrected chi connectivity index (χ4v) is 2.22. The minimum absolute atomic E-state index is 0.222. The van der Waals surface area contributed by atoms with Gasteiger partial charge in [0.2, 0.25) is 5.91 Å². The highest BCUT2D eigenvalue weighted by molar-refractivity contribution is 5.94. The number of nitrogens with zero attached hydrogens (tertiary/aromatic N) is 2. The summed E-state index contributed by atoms with van der Waals surface area (Å²) in [7, 11) is 0. The van der Waals surface area contributed by atoms with E-state index in [0.29, 0.717) is 0 Å². The van der Waals surface area contributed by atoms with Crippen molar-refractivity contribution in [2.45, 2.75) is 6.92 Å². The number of amides is 1. The Balaban J connectivity index is 1.88. The van der Waals surface area contributed by atoms with Crippen molar-refractivity contribution in [1.82, 2.24) is 15.1 Å². The van der Waals surface area contributed by atoms with Gasteiger partial charge in [0.25, 0.3) is 0 Å². The van der Waals surface area contributed by atoms with Gasteiger partial charge in [0.05, 0.1) is 0 Å². The molecule has 0 radical (unpaired) electrons. The lowest BCUT2D eigenvalue weighted by Crippen LogP contribution is -2.49. The number of carbonyl (C=O) groups is 1. The van der Waals surface area contributed by atoms with Crippen LogP contribution in [0.4, 0.5) is 0 Å². The van der Waals surface area contributed by atoms with Crippen LogP contribution < -0.4 is 5.32 Å². The maximum absolute atomic E-state index is 12.2. The second kappa shape index (κ2) is 5.47. The first-order valence-corrected chi connectivity index (χ1v) is 6.24. The molecule has 2 saturated heterocycles. The molecule has 1 amide bonds. The summed E-state index contributed by atoms with van der Waals surface area (Å²) in [5, 5.41) is 3.18. The van der Waals surface area contributed by atoms with E-state index in [9.17, 15) is 4.79 Å². The molecular weight excluding hydrogens is 214 g/mol. The Kier molecular flexibility index (Phi) is 3.97. The van der Waals surface area contributed by atoms with E-state index in [0.717, 1.165) is 51.4 Å². The zero-order chi connectivity index (χ0) is 12.3. The molecule has 4 nitrogen and oxygen atoms in total. The predicted octanol–water partition coefficient (Wildman–Crippen LogP) is 0.236. The fraction of sp³-hybridized carbons (Fsp3) is 0.615. The van der Waals surface area contributed by atoms with Gasteiger partial charge in [-0.05, 0) is 12.5 Å². The second-order valence-electron chi connectivity index (χ2n) is 4.71. The van der Waals surface area contributed by atoms with E-state index in [-0.39, 0.29) is 5.91 Å². The topological polar surface area (TPSA) is 35.6 Å². The zero-order valence-corrected chi connectivity index (χ0v) is 10.5. The number of hydrogen-bond acceptors (Lipinski definition) is 3. The monoisotopic (exact) mass is 235 g/mol. The summed E-state index contributed by atoms with van der Waals surface area (Å²) in [5.74, 6) is 0.222. The van der Waals surface area contributed by atoms with E-state index in [2.05, 4.69) is 16.8 Å². The van der Waals surface area contributed by atoms with Crippen molar-refractivity contribution >= 4 is 5.91 Å². The summed E-state index contributed by atoms with van der Waals surface area (Å²) < 4.78 is 0. The van der Waals surface area contributed by atoms with Crippen molar-refractivity contribution < 1.29 is 4.79 Å². The molecule has 0 aliphatic carbocycles. The number of piperazine rings is 1. The molecule has 17 heavy (non-hydrogen) atoms. The van der Waals surface area contributed by atoms with Crippen LogP contribution in [-0.2, 0) is 4.79 Å². The Hall–Kier alpha value is -1.13. The van der Waals surface area contributed by atoms with E-state index >= 15 is 0 Å². The lowest BCUT2D eigenvalue weighted by Gasteiger charge is -2.35. The molecule has 2 heterocycles. The number of rotatable bonds is 3. The molecular formula is C13H21N3O. The molecule has 0 aromatic rings. The first kappa shape index (κ1) is 12.3. The van der Waals surface area contributed by atoms with Crippen LogP contribution in [0, 0.1) is 0 Å². The lowest BCUT2D eigenvalue weighted by atomic mass is 10.0. The third-order valence-corrected chi connectivity index (χ3v) is 3.57. The first-order valence-electron chi connectivity index (χ1n) is 6.24. The van der Waals surface area contributed by atoms with Crippen molar-refractivity contribution in [2.75, 3.05) is 45.8 Å². The molecule has 1 N–H and O–H groups in total. The van der Waals surface area contributed by atoms with Crippen molar-refractivity contribution in [3.63, 3.8) is 0 Å². The second-order valence-corrected chi connectivity index (χ2v) is 4.71. The van der Waals surface area contributed by atoms with E-state index in [1.54, 1.807) is 0 Å². The minimum Gasteiger partial charge on any atom is -0.336 e. The molecule has 0 bridgehead atoms. The minimum atomic E-state index is 0.222. The summed E-state index contributed by atoms with van der Waals surface area (Å²) in [4.78, 5) is 16.5. The van der Waals surface area contributed by atoms with E-state index in [1.807, 2.05) is 17.9 Å². The van der Waals surface area contributed by atoms with Gasteiger partial charge in [-0.1, -0.05) is 6.08 Å². The summed E-state index contributed by atoms with van der Waals surface area (Å²) in [6.07, 6.45) is 1.92. The Morgan fingerprint density at radius 1 is 1.35 bits per heavy atom. The molecule has 0 aromatic heterocycles. The van der Waals surface area contributed by atoms with Gasteiger partial charge in [-0.15, -0.1) is 6.58 Å². The van der Waals surface area contributed by atoms with Gasteiger partial charge >= 0.3 is 0 Å². The van der Waals surface area contributed by atoms with E-state index < -0.39 is 0 Å². The average Bonchev–Trinajstić information content (AvgIpc) is 2.27. The Labute approximate surface area is 103 Å². The van der Waals surface area contributed by atoms with Gasteiger partial charge in [0, 0.05) is 51.4 Å². The quantitative estimate of drug-likeness (QED) is 0.562. The summed E-state index contributed by atoms with van der Waals surface area (Å²) >= 11 is 0. The number of nitrogens with one attached hydrogen (secondary N) is 1. The van der Waals surface area contributed by atoms with E-state index in [4.69, 9.17) is 0 Å². The van der Waals surface area contributed by atoms with Crippen LogP contribution in [0.5, 0.6) is 0 Å². The third-order valence-electron chi connectivity index (χ3n) is 3.57. The molecule has 0 unspecified atom stereocenters. The zero-order valence-electron chi connectivity index (χ0n) is 10.5. The van der Waals surface area contributed by atoms with Crippen LogP contribution in [0.1, 0.15) is 6.92 Å². The Morgan fingerprint density at radius 3 is 2.47 bits per heavy atom. The first-order chi connectivity index (χ1) is 8.22. The Bertz CT molecular complexity index is 335. The highest BCUT2D eigenvalue weighted by Gasteiger charge is 2.24. The van der Waals surface area contributed by atoms with Crippen LogP contribution in [0.25, 0.3) is 0 Å². The van der Waals surface area contributed by atoms with Gasteiger partial charge in [-0.25, -0.2) is 0 Å². The maximum Gasteiger partial charge on any atom is 0.249 e. The normalized spacial score (nSPS) is 21.0. The molecule has 0 atom stereocenters. The molecule has 0 spiro atoms. The van der Waals surface area contributed by atoms with Gasteiger partial charge in [0.1, 0.15) is 0 Å². The van der Waals surface area contributed by atoms with Crippen molar-refractivity contribution in [1.29, 1.82) is 0 Å².